The molecule has 206 valence electrons. The predicted octanol–water partition coefficient (Wildman–Crippen LogP) is 6.88. The van der Waals surface area contributed by atoms with Crippen molar-refractivity contribution < 1.29 is 23.8 Å². The van der Waals surface area contributed by atoms with Crippen molar-refractivity contribution >= 4 is 23.6 Å². The zero-order valence-corrected chi connectivity index (χ0v) is 23.7. The Hall–Kier alpha value is -3.81. The zero-order chi connectivity index (χ0) is 28.3. The van der Waals surface area contributed by atoms with Gasteiger partial charge in [0.05, 0.1) is 6.61 Å². The Morgan fingerprint density at radius 1 is 1.00 bits per heavy atom. The summed E-state index contributed by atoms with van der Waals surface area (Å²) in [7, 11) is 0. The van der Waals surface area contributed by atoms with E-state index in [1.165, 1.54) is 5.56 Å². The number of rotatable bonds is 11. The molecule has 4 aromatic rings. The summed E-state index contributed by atoms with van der Waals surface area (Å²) in [5.74, 6) is 0.781. The molecule has 5 rings (SSSR count). The van der Waals surface area contributed by atoms with Crippen LogP contribution in [0.3, 0.4) is 0 Å². The molecule has 1 aliphatic carbocycles. The summed E-state index contributed by atoms with van der Waals surface area (Å²) >= 11 is 1.59. The average Bonchev–Trinajstić information content (AvgIpc) is 3.42. The zero-order valence-electron chi connectivity index (χ0n) is 22.9. The summed E-state index contributed by atoms with van der Waals surface area (Å²) in [6.07, 6.45) is 2.39. The normalized spacial score (nSPS) is 17.9. The van der Waals surface area contributed by atoms with Gasteiger partial charge in [-0.1, -0.05) is 60.2 Å². The molecule has 1 saturated carbocycles. The molecule has 2 atom stereocenters. The summed E-state index contributed by atoms with van der Waals surface area (Å²) in [5, 5.41) is 12.7. The van der Waals surface area contributed by atoms with Crippen LogP contribution < -0.4 is 5.32 Å². The number of carbonyl (C=O) groups excluding carboxylic acids is 1. The van der Waals surface area contributed by atoms with Crippen LogP contribution in [0.5, 0.6) is 0 Å². The lowest BCUT2D eigenvalue weighted by Gasteiger charge is -2.18. The number of benzene rings is 3. The Morgan fingerprint density at radius 2 is 1.77 bits per heavy atom. The fraction of sp³-hybridized carbons (Fsp3) is 0.273. The van der Waals surface area contributed by atoms with E-state index < -0.39 is 11.5 Å². The third-order valence-corrected chi connectivity index (χ3v) is 8.20. The van der Waals surface area contributed by atoms with Crippen molar-refractivity contribution in [3.63, 3.8) is 0 Å². The van der Waals surface area contributed by atoms with Crippen LogP contribution in [0.15, 0.2) is 83.3 Å². The van der Waals surface area contributed by atoms with E-state index in [0.717, 1.165) is 39.3 Å². The number of carboxylic acid groups (broad SMARTS) is 1. The number of carboxylic acids is 1. The lowest BCUT2D eigenvalue weighted by molar-refractivity contribution is -0.140. The molecule has 1 amide bonds. The van der Waals surface area contributed by atoms with Crippen LogP contribution in [-0.2, 0) is 22.7 Å². The number of nitrogens with one attached hydrogen (secondary N) is 1. The quantitative estimate of drug-likeness (QED) is 0.210. The summed E-state index contributed by atoms with van der Waals surface area (Å²) in [4.78, 5) is 25.6. The first kappa shape index (κ1) is 27.7. The van der Waals surface area contributed by atoms with E-state index in [4.69, 9.17) is 9.15 Å². The molecular weight excluding hydrogens is 522 g/mol. The smallest absolute Gasteiger partial charge is 0.329 e. The number of furan rings is 1. The van der Waals surface area contributed by atoms with E-state index >= 15 is 0 Å². The van der Waals surface area contributed by atoms with Gasteiger partial charge in [-0.05, 0) is 78.8 Å². The number of aryl methyl sites for hydroxylation is 2. The van der Waals surface area contributed by atoms with Crippen molar-refractivity contribution in [2.45, 2.75) is 39.0 Å². The van der Waals surface area contributed by atoms with Crippen molar-refractivity contribution in [2.24, 2.45) is 5.92 Å². The van der Waals surface area contributed by atoms with E-state index in [0.29, 0.717) is 31.0 Å². The van der Waals surface area contributed by atoms with Gasteiger partial charge in [0.2, 0.25) is 0 Å². The Balaban J connectivity index is 1.33. The number of amides is 1. The molecule has 2 N–H and O–H groups in total. The lowest BCUT2D eigenvalue weighted by Crippen LogP contribution is -2.45. The standard InChI is InChI=1S/C33H33NO5S/c1-21-8-11-24(12-9-21)30-15-13-26(39-30)19-38-18-23-10-14-28(29(16-23)27-7-5-4-6-22(27)2)31(35)34-33(32(36)37)17-25(33)20-40-3/h4-16,25H,17-20H2,1-3H3,(H,34,35)(H,36,37). The molecule has 7 heteroatoms. The first-order valence-electron chi connectivity index (χ1n) is 13.3. The Morgan fingerprint density at radius 3 is 2.50 bits per heavy atom. The maximum Gasteiger partial charge on any atom is 0.329 e. The second kappa shape index (κ2) is 11.7. The molecule has 0 aliphatic heterocycles. The first-order valence-corrected chi connectivity index (χ1v) is 14.7. The van der Waals surface area contributed by atoms with E-state index in [1.54, 1.807) is 17.8 Å². The van der Waals surface area contributed by atoms with E-state index in [-0.39, 0.29) is 11.8 Å². The molecule has 0 bridgehead atoms. The van der Waals surface area contributed by atoms with Gasteiger partial charge in [0.25, 0.3) is 5.91 Å². The summed E-state index contributed by atoms with van der Waals surface area (Å²) in [5.41, 5.74) is 5.05. The minimum absolute atomic E-state index is 0.0772. The van der Waals surface area contributed by atoms with Gasteiger partial charge in [-0.25, -0.2) is 4.79 Å². The largest absolute Gasteiger partial charge is 0.479 e. The first-order chi connectivity index (χ1) is 19.3. The monoisotopic (exact) mass is 555 g/mol. The van der Waals surface area contributed by atoms with E-state index in [1.807, 2.05) is 73.8 Å². The van der Waals surface area contributed by atoms with Crippen molar-refractivity contribution in [2.75, 3.05) is 12.0 Å². The minimum atomic E-state index is -1.20. The molecule has 0 spiro atoms. The number of ether oxygens (including phenoxy) is 1. The highest BCUT2D eigenvalue weighted by atomic mass is 32.2. The molecule has 0 saturated heterocycles. The van der Waals surface area contributed by atoms with Crippen LogP contribution in [0.1, 0.15) is 39.2 Å². The molecule has 40 heavy (non-hydrogen) atoms. The minimum Gasteiger partial charge on any atom is -0.479 e. The maximum absolute atomic E-state index is 13.5. The second-order valence-electron chi connectivity index (χ2n) is 10.4. The van der Waals surface area contributed by atoms with Crippen molar-refractivity contribution in [1.82, 2.24) is 5.32 Å². The van der Waals surface area contributed by atoms with Crippen LogP contribution in [-0.4, -0.2) is 34.5 Å². The number of thioether (sulfide) groups is 1. The van der Waals surface area contributed by atoms with Crippen molar-refractivity contribution in [3.05, 3.63) is 107 Å². The van der Waals surface area contributed by atoms with E-state index in [9.17, 15) is 14.7 Å². The SMILES string of the molecule is CSCC1CC1(NC(=O)c1ccc(COCc2ccc(-c3ccc(C)cc3)o2)cc1-c1ccccc1C)C(=O)O. The van der Waals surface area contributed by atoms with Gasteiger partial charge in [0, 0.05) is 17.0 Å². The Kier molecular flexibility index (Phi) is 8.14. The summed E-state index contributed by atoms with van der Waals surface area (Å²) in [6.45, 7) is 4.69. The van der Waals surface area contributed by atoms with Crippen molar-refractivity contribution in [1.29, 1.82) is 0 Å². The molecule has 1 heterocycles. The Labute approximate surface area is 238 Å². The van der Waals surface area contributed by atoms with Gasteiger partial charge in [-0.2, -0.15) is 11.8 Å². The van der Waals surface area contributed by atoms with Gasteiger partial charge >= 0.3 is 5.97 Å². The van der Waals surface area contributed by atoms with Gasteiger partial charge in [0.1, 0.15) is 23.7 Å². The molecule has 1 fully saturated rings. The topological polar surface area (TPSA) is 88.8 Å². The third-order valence-electron chi connectivity index (χ3n) is 7.47. The number of hydrogen-bond acceptors (Lipinski definition) is 5. The molecule has 1 aromatic heterocycles. The average molecular weight is 556 g/mol. The molecule has 2 unspecified atom stereocenters. The van der Waals surface area contributed by atoms with E-state index in [2.05, 4.69) is 24.4 Å². The predicted molar refractivity (Wildman–Crippen MR) is 158 cm³/mol. The highest BCUT2D eigenvalue weighted by Gasteiger charge is 2.61. The highest BCUT2D eigenvalue weighted by Crippen LogP contribution is 2.46. The highest BCUT2D eigenvalue weighted by molar-refractivity contribution is 7.98. The fourth-order valence-electron chi connectivity index (χ4n) is 5.05. The molecule has 6 nitrogen and oxygen atoms in total. The molecule has 3 aromatic carbocycles. The Bertz CT molecular complexity index is 1530. The van der Waals surface area contributed by atoms with Crippen LogP contribution >= 0.6 is 11.8 Å². The van der Waals surface area contributed by atoms with Gasteiger partial charge in [-0.15, -0.1) is 0 Å². The van der Waals surface area contributed by atoms with Gasteiger partial charge in [-0.3, -0.25) is 4.79 Å². The number of aliphatic carboxylic acids is 1. The summed E-state index contributed by atoms with van der Waals surface area (Å²) in [6, 6.07) is 25.5. The van der Waals surface area contributed by atoms with Crippen molar-refractivity contribution in [3.8, 4) is 22.5 Å². The number of hydrogen-bond donors (Lipinski definition) is 2. The molecule has 0 radical (unpaired) electrons. The van der Waals surface area contributed by atoms with Gasteiger partial charge < -0.3 is 19.6 Å². The molecular formula is C33H33NO5S. The second-order valence-corrected chi connectivity index (χ2v) is 11.3. The summed E-state index contributed by atoms with van der Waals surface area (Å²) < 4.78 is 12.0. The van der Waals surface area contributed by atoms with Crippen LogP contribution in [0.2, 0.25) is 0 Å². The maximum atomic E-state index is 13.5. The lowest BCUT2D eigenvalue weighted by atomic mass is 9.93. The number of carbonyl (C=O) groups is 2. The third kappa shape index (κ3) is 5.86. The fourth-order valence-corrected chi connectivity index (χ4v) is 5.85. The van der Waals surface area contributed by atoms with Crippen LogP contribution in [0.4, 0.5) is 0 Å². The molecule has 1 aliphatic rings. The van der Waals surface area contributed by atoms with Crippen LogP contribution in [0, 0.1) is 19.8 Å². The van der Waals surface area contributed by atoms with Gasteiger partial charge in [0.15, 0.2) is 0 Å². The van der Waals surface area contributed by atoms with Crippen LogP contribution in [0.25, 0.3) is 22.5 Å².